The standard InChI is InChI=1S/C14H16F2N2S/c1-8(14-9(2)19-10(3)18-14)17-7-11-6-12(15)4-5-13(11)16/h4-6,8,17H,7H2,1-3H3. The number of benzene rings is 1. The highest BCUT2D eigenvalue weighted by Gasteiger charge is 2.13. The summed E-state index contributed by atoms with van der Waals surface area (Å²) in [6.45, 7) is 6.22. The summed E-state index contributed by atoms with van der Waals surface area (Å²) in [6.07, 6.45) is 0. The molecule has 5 heteroatoms. The molecule has 0 spiro atoms. The van der Waals surface area contributed by atoms with Crippen LogP contribution in [0.2, 0.25) is 0 Å². The highest BCUT2D eigenvalue weighted by Crippen LogP contribution is 2.22. The van der Waals surface area contributed by atoms with Crippen LogP contribution in [0.15, 0.2) is 18.2 Å². The molecule has 102 valence electrons. The second kappa shape index (κ2) is 5.75. The molecule has 0 aliphatic rings. The van der Waals surface area contributed by atoms with Gasteiger partial charge in [0.15, 0.2) is 0 Å². The quantitative estimate of drug-likeness (QED) is 0.920. The summed E-state index contributed by atoms with van der Waals surface area (Å²) in [5, 5.41) is 4.19. The zero-order chi connectivity index (χ0) is 14.0. The van der Waals surface area contributed by atoms with Gasteiger partial charge in [-0.1, -0.05) is 0 Å². The van der Waals surface area contributed by atoms with Crippen LogP contribution in [0.25, 0.3) is 0 Å². The molecule has 0 saturated heterocycles. The van der Waals surface area contributed by atoms with Crippen LogP contribution in [-0.4, -0.2) is 4.98 Å². The molecule has 0 saturated carbocycles. The molecule has 0 bridgehead atoms. The fourth-order valence-electron chi connectivity index (χ4n) is 1.99. The number of nitrogens with zero attached hydrogens (tertiary/aromatic N) is 1. The molecular weight excluding hydrogens is 266 g/mol. The molecule has 1 aromatic carbocycles. The fourth-order valence-corrected chi connectivity index (χ4v) is 2.90. The third-order valence-electron chi connectivity index (χ3n) is 2.96. The van der Waals surface area contributed by atoms with E-state index in [-0.39, 0.29) is 12.6 Å². The summed E-state index contributed by atoms with van der Waals surface area (Å²) < 4.78 is 26.5. The Bertz CT molecular complexity index is 581. The molecular formula is C14H16F2N2S. The first-order valence-electron chi connectivity index (χ1n) is 6.08. The molecule has 1 aromatic heterocycles. The lowest BCUT2D eigenvalue weighted by Crippen LogP contribution is -2.19. The molecule has 19 heavy (non-hydrogen) atoms. The molecule has 0 aliphatic heterocycles. The molecule has 0 fully saturated rings. The molecule has 0 amide bonds. The Balaban J connectivity index is 2.06. The minimum absolute atomic E-state index is 0.00705. The van der Waals surface area contributed by atoms with Gasteiger partial charge in [-0.3, -0.25) is 0 Å². The number of hydrogen-bond acceptors (Lipinski definition) is 3. The predicted molar refractivity (Wildman–Crippen MR) is 73.2 cm³/mol. The van der Waals surface area contributed by atoms with E-state index >= 15 is 0 Å². The number of aromatic nitrogens is 1. The van der Waals surface area contributed by atoms with Crippen LogP contribution in [0.3, 0.4) is 0 Å². The summed E-state index contributed by atoms with van der Waals surface area (Å²) in [6, 6.07) is 3.49. The van der Waals surface area contributed by atoms with Gasteiger partial charge in [0.25, 0.3) is 0 Å². The van der Waals surface area contributed by atoms with Gasteiger partial charge < -0.3 is 5.32 Å². The van der Waals surface area contributed by atoms with Gasteiger partial charge in [0.1, 0.15) is 11.6 Å². The Labute approximate surface area is 115 Å². The number of thiazole rings is 1. The molecule has 0 radical (unpaired) electrons. The van der Waals surface area contributed by atoms with E-state index in [2.05, 4.69) is 10.3 Å². The number of hydrogen-bond donors (Lipinski definition) is 1. The zero-order valence-corrected chi connectivity index (χ0v) is 11.9. The van der Waals surface area contributed by atoms with Crippen molar-refractivity contribution in [2.75, 3.05) is 0 Å². The molecule has 2 rings (SSSR count). The number of rotatable bonds is 4. The lowest BCUT2D eigenvalue weighted by Gasteiger charge is -2.13. The molecule has 1 atom stereocenters. The van der Waals surface area contributed by atoms with E-state index in [9.17, 15) is 8.78 Å². The van der Waals surface area contributed by atoms with Crippen LogP contribution >= 0.6 is 11.3 Å². The summed E-state index contributed by atoms with van der Waals surface area (Å²) in [5.41, 5.74) is 1.30. The second-order valence-electron chi connectivity index (χ2n) is 4.51. The van der Waals surface area contributed by atoms with E-state index in [1.807, 2.05) is 20.8 Å². The summed E-state index contributed by atoms with van der Waals surface area (Å²) in [7, 11) is 0. The number of aryl methyl sites for hydroxylation is 2. The minimum Gasteiger partial charge on any atom is -0.305 e. The largest absolute Gasteiger partial charge is 0.305 e. The van der Waals surface area contributed by atoms with Crippen LogP contribution in [0.1, 0.15) is 34.1 Å². The maximum Gasteiger partial charge on any atom is 0.127 e. The first-order valence-corrected chi connectivity index (χ1v) is 6.90. The molecule has 1 unspecified atom stereocenters. The van der Waals surface area contributed by atoms with Gasteiger partial charge in [0.05, 0.1) is 10.7 Å². The van der Waals surface area contributed by atoms with E-state index in [1.165, 1.54) is 6.07 Å². The first-order chi connectivity index (χ1) is 8.97. The van der Waals surface area contributed by atoms with Gasteiger partial charge >= 0.3 is 0 Å². The van der Waals surface area contributed by atoms with Crippen molar-refractivity contribution in [2.45, 2.75) is 33.4 Å². The SMILES string of the molecule is Cc1nc(C(C)NCc2cc(F)ccc2F)c(C)s1. The van der Waals surface area contributed by atoms with Crippen LogP contribution in [0.4, 0.5) is 8.78 Å². The Kier molecular flexibility index (Phi) is 4.27. The Morgan fingerprint density at radius 1 is 1.32 bits per heavy atom. The van der Waals surface area contributed by atoms with Crippen molar-refractivity contribution >= 4 is 11.3 Å². The van der Waals surface area contributed by atoms with Crippen LogP contribution in [0, 0.1) is 25.5 Å². The highest BCUT2D eigenvalue weighted by atomic mass is 32.1. The van der Waals surface area contributed by atoms with E-state index in [1.54, 1.807) is 11.3 Å². The predicted octanol–water partition coefficient (Wildman–Crippen LogP) is 3.89. The van der Waals surface area contributed by atoms with Crippen molar-refractivity contribution in [3.63, 3.8) is 0 Å². The first kappa shape index (κ1) is 14.1. The van der Waals surface area contributed by atoms with Crippen LogP contribution in [0.5, 0.6) is 0 Å². The normalized spacial score (nSPS) is 12.7. The smallest absolute Gasteiger partial charge is 0.127 e. The zero-order valence-electron chi connectivity index (χ0n) is 11.1. The van der Waals surface area contributed by atoms with Crippen LogP contribution in [-0.2, 0) is 6.54 Å². The Morgan fingerprint density at radius 3 is 2.68 bits per heavy atom. The van der Waals surface area contributed by atoms with Crippen molar-refractivity contribution in [3.05, 3.63) is 51.0 Å². The molecule has 2 nitrogen and oxygen atoms in total. The van der Waals surface area contributed by atoms with E-state index in [4.69, 9.17) is 0 Å². The van der Waals surface area contributed by atoms with Crippen LogP contribution < -0.4 is 5.32 Å². The van der Waals surface area contributed by atoms with Gasteiger partial charge in [-0.15, -0.1) is 11.3 Å². The fraction of sp³-hybridized carbons (Fsp3) is 0.357. The second-order valence-corrected chi connectivity index (χ2v) is 5.92. The van der Waals surface area contributed by atoms with Crippen molar-refractivity contribution in [1.29, 1.82) is 0 Å². The van der Waals surface area contributed by atoms with E-state index in [0.717, 1.165) is 27.7 Å². The monoisotopic (exact) mass is 282 g/mol. The lowest BCUT2D eigenvalue weighted by molar-refractivity contribution is 0.528. The van der Waals surface area contributed by atoms with Crippen molar-refractivity contribution in [2.24, 2.45) is 0 Å². The number of halogens is 2. The molecule has 2 aromatic rings. The van der Waals surface area contributed by atoms with Gasteiger partial charge in [-0.2, -0.15) is 0 Å². The summed E-state index contributed by atoms with van der Waals surface area (Å²) in [4.78, 5) is 5.60. The van der Waals surface area contributed by atoms with Crippen molar-refractivity contribution in [1.82, 2.24) is 10.3 Å². The van der Waals surface area contributed by atoms with E-state index in [0.29, 0.717) is 5.56 Å². The molecule has 1 N–H and O–H groups in total. The van der Waals surface area contributed by atoms with Gasteiger partial charge in [0, 0.05) is 23.0 Å². The Hall–Kier alpha value is -1.33. The third-order valence-corrected chi connectivity index (χ3v) is 3.86. The third kappa shape index (κ3) is 3.36. The van der Waals surface area contributed by atoms with Gasteiger partial charge in [-0.25, -0.2) is 13.8 Å². The average Bonchev–Trinajstić information content (AvgIpc) is 2.69. The highest BCUT2D eigenvalue weighted by molar-refractivity contribution is 7.11. The molecule has 1 heterocycles. The van der Waals surface area contributed by atoms with Crippen molar-refractivity contribution < 1.29 is 8.78 Å². The van der Waals surface area contributed by atoms with Crippen molar-refractivity contribution in [3.8, 4) is 0 Å². The maximum absolute atomic E-state index is 13.5. The van der Waals surface area contributed by atoms with E-state index < -0.39 is 11.6 Å². The maximum atomic E-state index is 13.5. The molecule has 0 aliphatic carbocycles. The van der Waals surface area contributed by atoms with Gasteiger partial charge in [-0.05, 0) is 39.0 Å². The summed E-state index contributed by atoms with van der Waals surface area (Å²) >= 11 is 1.64. The number of nitrogens with one attached hydrogen (secondary N) is 1. The topological polar surface area (TPSA) is 24.9 Å². The average molecular weight is 282 g/mol. The Morgan fingerprint density at radius 2 is 2.05 bits per heavy atom. The minimum atomic E-state index is -0.425. The van der Waals surface area contributed by atoms with Gasteiger partial charge in [0.2, 0.25) is 0 Å². The summed E-state index contributed by atoms with van der Waals surface area (Å²) in [5.74, 6) is -0.821. The lowest BCUT2D eigenvalue weighted by atomic mass is 10.1.